The standard InChI is InChI=1S/C23H22N4O2S/c1-2-3-14-27-22(29)17-8-4-5-10-20(17)26-23(27)30-15-21(28)25-19-12-6-11-18-16(19)9-7-13-24-18/h4-13H,2-3,14-15H2,1H3,(H,25,28). The number of amides is 1. The number of benzene rings is 2. The van der Waals surface area contributed by atoms with E-state index in [1.54, 1.807) is 16.8 Å². The van der Waals surface area contributed by atoms with Crippen LogP contribution in [0.15, 0.2) is 70.7 Å². The van der Waals surface area contributed by atoms with Crippen molar-refractivity contribution in [2.45, 2.75) is 31.5 Å². The lowest BCUT2D eigenvalue weighted by atomic mass is 10.2. The van der Waals surface area contributed by atoms with Gasteiger partial charge in [0.05, 0.1) is 27.9 Å². The number of unbranched alkanes of at least 4 members (excludes halogenated alkanes) is 1. The first kappa shape index (κ1) is 20.1. The highest BCUT2D eigenvalue weighted by Gasteiger charge is 2.13. The number of hydrogen-bond donors (Lipinski definition) is 1. The topological polar surface area (TPSA) is 76.9 Å². The first-order valence-corrected chi connectivity index (χ1v) is 10.9. The Morgan fingerprint density at radius 1 is 1.03 bits per heavy atom. The van der Waals surface area contributed by atoms with Crippen molar-refractivity contribution in [2.24, 2.45) is 0 Å². The lowest BCUT2D eigenvalue weighted by Crippen LogP contribution is -2.24. The van der Waals surface area contributed by atoms with Crippen LogP contribution in [0.5, 0.6) is 0 Å². The number of para-hydroxylation sites is 1. The van der Waals surface area contributed by atoms with Crippen LogP contribution in [0.25, 0.3) is 21.8 Å². The minimum absolute atomic E-state index is 0.0583. The molecule has 4 aromatic rings. The van der Waals surface area contributed by atoms with E-state index in [9.17, 15) is 9.59 Å². The first-order chi connectivity index (χ1) is 14.7. The molecule has 0 fully saturated rings. The molecule has 6 nitrogen and oxygen atoms in total. The molecule has 152 valence electrons. The lowest BCUT2D eigenvalue weighted by Gasteiger charge is -2.13. The van der Waals surface area contributed by atoms with Crippen molar-refractivity contribution in [3.05, 3.63) is 71.1 Å². The Morgan fingerprint density at radius 3 is 2.70 bits per heavy atom. The van der Waals surface area contributed by atoms with Crippen molar-refractivity contribution in [1.29, 1.82) is 0 Å². The molecule has 2 heterocycles. The van der Waals surface area contributed by atoms with Gasteiger partial charge in [-0.1, -0.05) is 43.3 Å². The summed E-state index contributed by atoms with van der Waals surface area (Å²) in [4.78, 5) is 34.5. The van der Waals surface area contributed by atoms with Crippen molar-refractivity contribution in [2.75, 3.05) is 11.1 Å². The molecule has 0 unspecified atom stereocenters. The molecule has 0 spiro atoms. The Kier molecular flexibility index (Phi) is 6.09. The van der Waals surface area contributed by atoms with Gasteiger partial charge in [0.25, 0.3) is 5.56 Å². The van der Waals surface area contributed by atoms with Crippen LogP contribution < -0.4 is 10.9 Å². The third-order valence-corrected chi connectivity index (χ3v) is 5.79. The van der Waals surface area contributed by atoms with Gasteiger partial charge < -0.3 is 5.32 Å². The summed E-state index contributed by atoms with van der Waals surface area (Å²) < 4.78 is 1.69. The van der Waals surface area contributed by atoms with Crippen molar-refractivity contribution in [3.63, 3.8) is 0 Å². The zero-order valence-electron chi connectivity index (χ0n) is 16.7. The fraction of sp³-hybridized carbons (Fsp3) is 0.217. The maximum atomic E-state index is 12.9. The Morgan fingerprint density at radius 2 is 1.83 bits per heavy atom. The molecule has 2 aromatic carbocycles. The predicted molar refractivity (Wildman–Crippen MR) is 122 cm³/mol. The van der Waals surface area contributed by atoms with E-state index < -0.39 is 0 Å². The van der Waals surface area contributed by atoms with Crippen LogP contribution in [-0.4, -0.2) is 26.2 Å². The monoisotopic (exact) mass is 418 g/mol. The molecule has 0 atom stereocenters. The smallest absolute Gasteiger partial charge is 0.262 e. The van der Waals surface area contributed by atoms with E-state index in [4.69, 9.17) is 0 Å². The largest absolute Gasteiger partial charge is 0.325 e. The summed E-state index contributed by atoms with van der Waals surface area (Å²) in [5.41, 5.74) is 2.14. The zero-order chi connectivity index (χ0) is 20.9. The van der Waals surface area contributed by atoms with E-state index in [1.807, 2.05) is 48.5 Å². The van der Waals surface area contributed by atoms with Gasteiger partial charge in [-0.15, -0.1) is 0 Å². The quantitative estimate of drug-likeness (QED) is 0.354. The summed E-state index contributed by atoms with van der Waals surface area (Å²) in [5.74, 6) is 0.00824. The second-order valence-electron chi connectivity index (χ2n) is 6.93. The molecule has 0 aliphatic carbocycles. The van der Waals surface area contributed by atoms with Gasteiger partial charge >= 0.3 is 0 Å². The number of pyridine rings is 1. The number of nitrogens with zero attached hydrogens (tertiary/aromatic N) is 3. The van der Waals surface area contributed by atoms with Crippen molar-refractivity contribution in [3.8, 4) is 0 Å². The van der Waals surface area contributed by atoms with E-state index >= 15 is 0 Å². The first-order valence-electron chi connectivity index (χ1n) is 9.93. The molecule has 0 aliphatic heterocycles. The van der Waals surface area contributed by atoms with Gasteiger partial charge in [0.1, 0.15) is 0 Å². The molecule has 4 rings (SSSR count). The molecular weight excluding hydrogens is 396 g/mol. The fourth-order valence-corrected chi connectivity index (χ4v) is 4.13. The number of thioether (sulfide) groups is 1. The highest BCUT2D eigenvalue weighted by molar-refractivity contribution is 7.99. The third kappa shape index (κ3) is 4.21. The summed E-state index contributed by atoms with van der Waals surface area (Å²) in [6.45, 7) is 2.67. The number of rotatable bonds is 7. The second kappa shape index (κ2) is 9.09. The van der Waals surface area contributed by atoms with E-state index in [0.29, 0.717) is 22.6 Å². The van der Waals surface area contributed by atoms with Crippen LogP contribution in [0.3, 0.4) is 0 Å². The number of carbonyl (C=O) groups excluding carboxylic acids is 1. The number of carbonyl (C=O) groups is 1. The number of hydrogen-bond acceptors (Lipinski definition) is 5. The molecule has 0 saturated heterocycles. The van der Waals surface area contributed by atoms with Gasteiger partial charge in [-0.2, -0.15) is 0 Å². The minimum atomic E-state index is -0.152. The molecule has 1 amide bonds. The molecule has 30 heavy (non-hydrogen) atoms. The molecule has 0 aliphatic rings. The van der Waals surface area contributed by atoms with Gasteiger partial charge in [-0.25, -0.2) is 4.98 Å². The van der Waals surface area contributed by atoms with Gasteiger partial charge in [0.15, 0.2) is 5.16 Å². The third-order valence-electron chi connectivity index (χ3n) is 4.81. The van der Waals surface area contributed by atoms with Crippen molar-refractivity contribution < 1.29 is 4.79 Å². The molecule has 2 aromatic heterocycles. The fourth-order valence-electron chi connectivity index (χ4n) is 3.30. The number of aromatic nitrogens is 3. The summed E-state index contributed by atoms with van der Waals surface area (Å²) in [6.07, 6.45) is 3.58. The Hall–Kier alpha value is -3.19. The highest BCUT2D eigenvalue weighted by atomic mass is 32.2. The SMILES string of the molecule is CCCCn1c(SCC(=O)Nc2cccc3ncccc23)nc2ccccc2c1=O. The normalized spacial score (nSPS) is 11.1. The molecular formula is C23H22N4O2S. The number of anilines is 1. The van der Waals surface area contributed by atoms with Gasteiger partial charge in [-0.05, 0) is 42.8 Å². The van der Waals surface area contributed by atoms with E-state index in [2.05, 4.69) is 22.2 Å². The molecule has 7 heteroatoms. The number of nitrogens with one attached hydrogen (secondary N) is 1. The Labute approximate surface area is 178 Å². The lowest BCUT2D eigenvalue weighted by molar-refractivity contribution is -0.113. The summed E-state index contributed by atoms with van der Waals surface area (Å²) in [7, 11) is 0. The van der Waals surface area contributed by atoms with Crippen LogP contribution in [0, 0.1) is 0 Å². The van der Waals surface area contributed by atoms with Crippen LogP contribution in [-0.2, 0) is 11.3 Å². The van der Waals surface area contributed by atoms with E-state index in [-0.39, 0.29) is 17.2 Å². The summed E-state index contributed by atoms with van der Waals surface area (Å²) in [5, 5.41) is 5.02. The maximum absolute atomic E-state index is 12.9. The molecule has 0 bridgehead atoms. The predicted octanol–water partition coefficient (Wildman–Crippen LogP) is 4.48. The Balaban J connectivity index is 1.56. The molecule has 0 saturated carbocycles. The average molecular weight is 419 g/mol. The van der Waals surface area contributed by atoms with Gasteiger partial charge in [0, 0.05) is 18.1 Å². The molecule has 1 N–H and O–H groups in total. The van der Waals surface area contributed by atoms with Crippen LogP contribution in [0.1, 0.15) is 19.8 Å². The van der Waals surface area contributed by atoms with Gasteiger partial charge in [-0.3, -0.25) is 19.1 Å². The van der Waals surface area contributed by atoms with Crippen molar-refractivity contribution in [1.82, 2.24) is 14.5 Å². The zero-order valence-corrected chi connectivity index (χ0v) is 17.5. The van der Waals surface area contributed by atoms with E-state index in [0.717, 1.165) is 29.4 Å². The maximum Gasteiger partial charge on any atom is 0.262 e. The average Bonchev–Trinajstić information content (AvgIpc) is 2.77. The molecule has 0 radical (unpaired) electrons. The minimum Gasteiger partial charge on any atom is -0.325 e. The summed E-state index contributed by atoms with van der Waals surface area (Å²) >= 11 is 1.28. The van der Waals surface area contributed by atoms with Crippen LogP contribution >= 0.6 is 11.8 Å². The highest BCUT2D eigenvalue weighted by Crippen LogP contribution is 2.23. The number of fused-ring (bicyclic) bond motifs is 2. The van der Waals surface area contributed by atoms with Crippen LogP contribution in [0.2, 0.25) is 0 Å². The summed E-state index contributed by atoms with van der Waals surface area (Å²) in [6, 6.07) is 16.7. The van der Waals surface area contributed by atoms with Crippen LogP contribution in [0.4, 0.5) is 5.69 Å². The second-order valence-corrected chi connectivity index (χ2v) is 7.88. The van der Waals surface area contributed by atoms with Crippen molar-refractivity contribution >= 4 is 45.2 Å². The Bertz CT molecular complexity index is 1260. The van der Waals surface area contributed by atoms with E-state index in [1.165, 1.54) is 11.8 Å². The van der Waals surface area contributed by atoms with Gasteiger partial charge in [0.2, 0.25) is 5.91 Å².